The van der Waals surface area contributed by atoms with E-state index >= 15 is 0 Å². The summed E-state index contributed by atoms with van der Waals surface area (Å²) in [7, 11) is 4.37. The van der Waals surface area contributed by atoms with E-state index in [1.807, 2.05) is 30.3 Å². The third-order valence-electron chi connectivity index (χ3n) is 4.25. The van der Waals surface area contributed by atoms with E-state index in [1.165, 1.54) is 21.3 Å². The van der Waals surface area contributed by atoms with Gasteiger partial charge in [0.05, 0.1) is 21.3 Å². The number of ketones is 1. The third-order valence-corrected chi connectivity index (χ3v) is 4.25. The van der Waals surface area contributed by atoms with E-state index in [4.69, 9.17) is 18.9 Å². The van der Waals surface area contributed by atoms with Gasteiger partial charge in [-0.2, -0.15) is 0 Å². The van der Waals surface area contributed by atoms with E-state index < -0.39 is 11.4 Å². The summed E-state index contributed by atoms with van der Waals surface area (Å²) in [6.45, 7) is -0.146. The molecule has 132 valence electrons. The van der Waals surface area contributed by atoms with Gasteiger partial charge in [0.25, 0.3) is 0 Å². The molecule has 0 amide bonds. The fourth-order valence-corrected chi connectivity index (χ4v) is 3.02. The van der Waals surface area contributed by atoms with E-state index in [9.17, 15) is 9.90 Å². The van der Waals surface area contributed by atoms with Crippen LogP contribution >= 0.6 is 0 Å². The molecule has 0 spiro atoms. The monoisotopic (exact) mass is 344 g/mol. The van der Waals surface area contributed by atoms with Crippen molar-refractivity contribution in [2.75, 3.05) is 27.9 Å². The fourth-order valence-electron chi connectivity index (χ4n) is 3.02. The van der Waals surface area contributed by atoms with Crippen LogP contribution in [0.15, 0.2) is 36.4 Å². The van der Waals surface area contributed by atoms with E-state index in [0.717, 1.165) is 5.56 Å². The number of benzene rings is 2. The number of aliphatic hydroxyl groups is 1. The molecule has 0 bridgehead atoms. The van der Waals surface area contributed by atoms with Gasteiger partial charge in [-0.3, -0.25) is 4.79 Å². The second-order valence-corrected chi connectivity index (χ2v) is 5.83. The van der Waals surface area contributed by atoms with Crippen molar-refractivity contribution in [1.82, 2.24) is 0 Å². The predicted octanol–water partition coefficient (Wildman–Crippen LogP) is 2.26. The van der Waals surface area contributed by atoms with Crippen molar-refractivity contribution in [3.63, 3.8) is 0 Å². The van der Waals surface area contributed by atoms with Crippen LogP contribution in [0.2, 0.25) is 0 Å². The zero-order valence-electron chi connectivity index (χ0n) is 14.4. The molecule has 0 aromatic heterocycles. The van der Waals surface area contributed by atoms with Gasteiger partial charge in [0, 0.05) is 12.5 Å². The number of hydrogen-bond acceptors (Lipinski definition) is 6. The maximum atomic E-state index is 13.1. The summed E-state index contributed by atoms with van der Waals surface area (Å²) in [6.07, 6.45) is 0.142. The number of ether oxygens (including phenoxy) is 4. The Bertz CT molecular complexity index is 786. The highest BCUT2D eigenvalue weighted by Crippen LogP contribution is 2.48. The molecule has 0 radical (unpaired) electrons. The van der Waals surface area contributed by atoms with Crippen molar-refractivity contribution in [3.8, 4) is 23.0 Å². The number of rotatable bonds is 5. The van der Waals surface area contributed by atoms with Crippen LogP contribution in [0.1, 0.15) is 15.9 Å². The molecule has 1 N–H and O–H groups in total. The molecule has 1 heterocycles. The van der Waals surface area contributed by atoms with Gasteiger partial charge in [0.1, 0.15) is 17.9 Å². The van der Waals surface area contributed by atoms with Crippen molar-refractivity contribution in [2.45, 2.75) is 12.0 Å². The van der Waals surface area contributed by atoms with Crippen molar-refractivity contribution in [1.29, 1.82) is 0 Å². The highest BCUT2D eigenvalue weighted by atomic mass is 16.5. The van der Waals surface area contributed by atoms with Gasteiger partial charge in [-0.25, -0.2) is 0 Å². The summed E-state index contributed by atoms with van der Waals surface area (Å²) < 4.78 is 21.6. The van der Waals surface area contributed by atoms with Crippen LogP contribution in [-0.4, -0.2) is 44.4 Å². The third kappa shape index (κ3) is 2.89. The molecule has 0 saturated carbocycles. The van der Waals surface area contributed by atoms with Gasteiger partial charge in [-0.1, -0.05) is 30.3 Å². The number of carbonyl (C=O) groups is 1. The maximum absolute atomic E-state index is 13.1. The first-order valence-corrected chi connectivity index (χ1v) is 7.81. The average Bonchev–Trinajstić information content (AvgIpc) is 2.64. The fraction of sp³-hybridized carbons (Fsp3) is 0.316. The van der Waals surface area contributed by atoms with E-state index in [2.05, 4.69) is 0 Å². The molecular formula is C19H20O6. The molecular weight excluding hydrogens is 324 g/mol. The summed E-state index contributed by atoms with van der Waals surface area (Å²) in [4.78, 5) is 13.1. The van der Waals surface area contributed by atoms with Crippen molar-refractivity contribution in [3.05, 3.63) is 47.5 Å². The highest BCUT2D eigenvalue weighted by molar-refractivity contribution is 6.09. The van der Waals surface area contributed by atoms with E-state index in [1.54, 1.807) is 6.07 Å². The number of hydrogen-bond donors (Lipinski definition) is 1. The van der Waals surface area contributed by atoms with E-state index in [0.29, 0.717) is 11.5 Å². The molecule has 1 atom stereocenters. The molecule has 6 nitrogen and oxygen atoms in total. The maximum Gasteiger partial charge on any atom is 0.205 e. The first-order chi connectivity index (χ1) is 12.0. The standard InChI is InChI=1S/C19H20O6/c1-22-14-9-13-15(17(24-3)16(14)23-2)18(20)19(21,11-25-13)10-12-7-5-4-6-8-12/h4-9,21H,10-11H2,1-3H3/t19-/m1/s1. The second kappa shape index (κ2) is 6.64. The topological polar surface area (TPSA) is 74.2 Å². The van der Waals surface area contributed by atoms with Crippen molar-refractivity contribution in [2.24, 2.45) is 0 Å². The lowest BCUT2D eigenvalue weighted by Crippen LogP contribution is -2.49. The quantitative estimate of drug-likeness (QED) is 0.897. The number of carbonyl (C=O) groups excluding carboxylic acids is 1. The van der Waals surface area contributed by atoms with Crippen LogP contribution in [0.25, 0.3) is 0 Å². The summed E-state index contributed by atoms with van der Waals surface area (Å²) in [6, 6.07) is 10.9. The van der Waals surface area contributed by atoms with Crippen LogP contribution in [0, 0.1) is 0 Å². The number of Topliss-reactive ketones (excluding diaryl/α,β-unsaturated/α-hetero) is 1. The zero-order valence-corrected chi connectivity index (χ0v) is 14.4. The predicted molar refractivity (Wildman–Crippen MR) is 91.0 cm³/mol. The molecule has 1 aliphatic heterocycles. The lowest BCUT2D eigenvalue weighted by atomic mass is 9.84. The molecule has 1 aliphatic rings. The minimum Gasteiger partial charge on any atom is -0.493 e. The van der Waals surface area contributed by atoms with Gasteiger partial charge >= 0.3 is 0 Å². The molecule has 0 fully saturated rings. The lowest BCUT2D eigenvalue weighted by molar-refractivity contribution is -0.00250. The SMILES string of the molecule is COc1cc2c(c(OC)c1OC)C(=O)[C@@](O)(Cc1ccccc1)CO2. The zero-order chi connectivity index (χ0) is 18.0. The Morgan fingerprint density at radius 1 is 1.08 bits per heavy atom. The van der Waals surface area contributed by atoms with Crippen molar-refractivity contribution >= 4 is 5.78 Å². The number of methoxy groups -OCH3 is 3. The Morgan fingerprint density at radius 3 is 2.36 bits per heavy atom. The Kier molecular flexibility index (Phi) is 4.55. The molecule has 0 unspecified atom stereocenters. The van der Waals surface area contributed by atoms with Gasteiger partial charge < -0.3 is 24.1 Å². The minimum atomic E-state index is -1.68. The smallest absolute Gasteiger partial charge is 0.205 e. The Balaban J connectivity index is 2.07. The molecule has 25 heavy (non-hydrogen) atoms. The Hall–Kier alpha value is -2.73. The minimum absolute atomic E-state index is 0.142. The van der Waals surface area contributed by atoms with Gasteiger partial charge in [0.2, 0.25) is 11.5 Å². The first-order valence-electron chi connectivity index (χ1n) is 7.81. The molecule has 0 saturated heterocycles. The largest absolute Gasteiger partial charge is 0.493 e. The molecule has 6 heteroatoms. The van der Waals surface area contributed by atoms with Crippen LogP contribution in [-0.2, 0) is 6.42 Å². The van der Waals surface area contributed by atoms with Gasteiger partial charge in [-0.05, 0) is 5.56 Å². The van der Waals surface area contributed by atoms with Crippen LogP contribution in [0.4, 0.5) is 0 Å². The second-order valence-electron chi connectivity index (χ2n) is 5.83. The van der Waals surface area contributed by atoms with Crippen LogP contribution < -0.4 is 18.9 Å². The van der Waals surface area contributed by atoms with Crippen LogP contribution in [0.5, 0.6) is 23.0 Å². The first kappa shape index (κ1) is 17.1. The highest BCUT2D eigenvalue weighted by Gasteiger charge is 2.45. The number of fused-ring (bicyclic) bond motifs is 1. The van der Waals surface area contributed by atoms with Crippen molar-refractivity contribution < 1.29 is 28.8 Å². The Labute approximate surface area is 145 Å². The van der Waals surface area contributed by atoms with E-state index in [-0.39, 0.29) is 30.1 Å². The molecule has 3 rings (SSSR count). The van der Waals surface area contributed by atoms with Gasteiger partial charge in [0.15, 0.2) is 17.1 Å². The molecule has 2 aromatic rings. The normalized spacial score (nSPS) is 19.0. The summed E-state index contributed by atoms with van der Waals surface area (Å²) in [5, 5.41) is 10.9. The summed E-state index contributed by atoms with van der Waals surface area (Å²) in [5.41, 5.74) is -0.684. The molecule has 0 aliphatic carbocycles. The summed E-state index contributed by atoms with van der Waals surface area (Å²) >= 11 is 0. The Morgan fingerprint density at radius 2 is 1.76 bits per heavy atom. The van der Waals surface area contributed by atoms with Crippen LogP contribution in [0.3, 0.4) is 0 Å². The van der Waals surface area contributed by atoms with Gasteiger partial charge in [-0.15, -0.1) is 0 Å². The average molecular weight is 344 g/mol. The lowest BCUT2D eigenvalue weighted by Gasteiger charge is -2.33. The molecule has 2 aromatic carbocycles. The summed E-state index contributed by atoms with van der Waals surface area (Å²) in [5.74, 6) is 0.699.